The summed E-state index contributed by atoms with van der Waals surface area (Å²) >= 11 is 0. The van der Waals surface area contributed by atoms with Crippen LogP contribution in [-0.2, 0) is 10.2 Å². The topological polar surface area (TPSA) is 57.5 Å². The molecule has 2 rings (SSSR count). The summed E-state index contributed by atoms with van der Waals surface area (Å²) in [7, 11) is 0. The van der Waals surface area contributed by atoms with Crippen molar-refractivity contribution in [2.45, 2.75) is 108 Å². The fraction of sp³-hybridized carbons (Fsp3) is 0.567. The first-order valence-electron chi connectivity index (χ1n) is 13.2. The lowest BCUT2D eigenvalue weighted by atomic mass is 9.69. The molecule has 1 atom stereocenters. The van der Waals surface area contributed by atoms with Gasteiger partial charge in [-0.25, -0.2) is 0 Å². The van der Waals surface area contributed by atoms with Crippen molar-refractivity contribution in [1.82, 2.24) is 0 Å². The van der Waals surface area contributed by atoms with Crippen LogP contribution in [0.15, 0.2) is 60.7 Å². The third-order valence-corrected chi connectivity index (χ3v) is 6.88. The normalized spacial score (nSPS) is 12.5. The molecule has 0 spiro atoms. The van der Waals surface area contributed by atoms with Crippen LogP contribution in [-0.4, -0.2) is 22.3 Å². The van der Waals surface area contributed by atoms with Gasteiger partial charge in [0.05, 0.1) is 6.10 Å². The van der Waals surface area contributed by atoms with Crippen molar-refractivity contribution in [3.8, 4) is 0 Å². The molecule has 0 aromatic heterocycles. The van der Waals surface area contributed by atoms with Gasteiger partial charge in [0.25, 0.3) is 0 Å². The van der Waals surface area contributed by atoms with Crippen LogP contribution in [0.4, 0.5) is 0 Å². The Bertz CT molecular complexity index is 717. The minimum Gasteiger partial charge on any atom is -0.480 e. The lowest BCUT2D eigenvalue weighted by Crippen LogP contribution is -2.47. The van der Waals surface area contributed by atoms with Crippen LogP contribution < -0.4 is 0 Å². The summed E-state index contributed by atoms with van der Waals surface area (Å²) in [6.45, 7) is 2.26. The molecule has 3 nitrogen and oxygen atoms in total. The van der Waals surface area contributed by atoms with Gasteiger partial charge in [-0.15, -0.1) is 0 Å². The number of aliphatic hydroxyl groups excluding tert-OH is 1. The SMILES string of the molecule is CCCCCCCCCCCCCCCC(O)C(C(=O)O)(c1ccccc1)c1ccccc1. The number of hydrogen-bond acceptors (Lipinski definition) is 2. The summed E-state index contributed by atoms with van der Waals surface area (Å²) in [5, 5.41) is 21.6. The third-order valence-electron chi connectivity index (χ3n) is 6.88. The molecule has 2 N–H and O–H groups in total. The predicted molar refractivity (Wildman–Crippen MR) is 138 cm³/mol. The van der Waals surface area contributed by atoms with E-state index in [1.54, 1.807) is 0 Å². The Balaban J connectivity index is 1.79. The van der Waals surface area contributed by atoms with Crippen molar-refractivity contribution < 1.29 is 15.0 Å². The van der Waals surface area contributed by atoms with E-state index in [1.807, 2.05) is 60.7 Å². The van der Waals surface area contributed by atoms with Crippen molar-refractivity contribution in [1.29, 1.82) is 0 Å². The Labute approximate surface area is 201 Å². The number of hydrogen-bond donors (Lipinski definition) is 2. The number of carboxylic acid groups (broad SMARTS) is 1. The van der Waals surface area contributed by atoms with E-state index < -0.39 is 17.5 Å². The monoisotopic (exact) mass is 452 g/mol. The minimum atomic E-state index is -1.44. The van der Waals surface area contributed by atoms with Gasteiger partial charge >= 0.3 is 5.97 Å². The summed E-state index contributed by atoms with van der Waals surface area (Å²) < 4.78 is 0. The molecule has 0 aliphatic heterocycles. The summed E-state index contributed by atoms with van der Waals surface area (Å²) in [4.78, 5) is 12.6. The number of carboxylic acids is 1. The van der Waals surface area contributed by atoms with Crippen LogP contribution in [0.5, 0.6) is 0 Å². The summed E-state index contributed by atoms with van der Waals surface area (Å²) in [6.07, 6.45) is 15.9. The van der Waals surface area contributed by atoms with Crippen LogP contribution in [0.2, 0.25) is 0 Å². The van der Waals surface area contributed by atoms with Crippen LogP contribution in [0, 0.1) is 0 Å². The van der Waals surface area contributed by atoms with E-state index in [0.29, 0.717) is 17.5 Å². The molecule has 0 fully saturated rings. The molecule has 0 amide bonds. The second kappa shape index (κ2) is 15.7. The summed E-state index contributed by atoms with van der Waals surface area (Å²) in [5.41, 5.74) is -0.184. The minimum absolute atomic E-state index is 0.480. The molecule has 3 heteroatoms. The lowest BCUT2D eigenvalue weighted by molar-refractivity contribution is -0.146. The largest absolute Gasteiger partial charge is 0.480 e. The predicted octanol–water partition coefficient (Wildman–Crippen LogP) is 7.90. The van der Waals surface area contributed by atoms with Gasteiger partial charge in [0, 0.05) is 0 Å². The van der Waals surface area contributed by atoms with Crippen molar-refractivity contribution >= 4 is 5.97 Å². The zero-order valence-corrected chi connectivity index (χ0v) is 20.6. The van der Waals surface area contributed by atoms with Crippen molar-refractivity contribution in [3.63, 3.8) is 0 Å². The van der Waals surface area contributed by atoms with Gasteiger partial charge < -0.3 is 10.2 Å². The van der Waals surface area contributed by atoms with E-state index in [4.69, 9.17) is 0 Å². The smallest absolute Gasteiger partial charge is 0.321 e. The van der Waals surface area contributed by atoms with Gasteiger partial charge in [-0.2, -0.15) is 0 Å². The Kier molecular flexibility index (Phi) is 12.9. The van der Waals surface area contributed by atoms with Crippen LogP contribution in [0.25, 0.3) is 0 Å². The van der Waals surface area contributed by atoms with E-state index >= 15 is 0 Å². The van der Waals surface area contributed by atoms with E-state index in [2.05, 4.69) is 6.92 Å². The first kappa shape index (κ1) is 27.1. The van der Waals surface area contributed by atoms with Gasteiger partial charge in [0.2, 0.25) is 0 Å². The van der Waals surface area contributed by atoms with Crippen LogP contribution in [0.1, 0.15) is 108 Å². The average Bonchev–Trinajstić information content (AvgIpc) is 2.83. The van der Waals surface area contributed by atoms with Gasteiger partial charge in [-0.05, 0) is 17.5 Å². The Morgan fingerprint density at radius 1 is 0.667 bits per heavy atom. The van der Waals surface area contributed by atoms with Gasteiger partial charge in [0.15, 0.2) is 0 Å². The highest BCUT2D eigenvalue weighted by molar-refractivity contribution is 5.87. The van der Waals surface area contributed by atoms with Crippen LogP contribution >= 0.6 is 0 Å². The zero-order chi connectivity index (χ0) is 23.8. The average molecular weight is 453 g/mol. The molecule has 0 saturated carbocycles. The Morgan fingerprint density at radius 2 is 1.03 bits per heavy atom. The molecule has 0 aliphatic rings. The molecular formula is C30H44O3. The lowest BCUT2D eigenvalue weighted by Gasteiger charge is -2.35. The Hall–Kier alpha value is -2.13. The second-order valence-corrected chi connectivity index (χ2v) is 9.39. The molecule has 0 heterocycles. The third kappa shape index (κ3) is 8.30. The molecule has 0 saturated heterocycles. The number of benzene rings is 2. The number of unbranched alkanes of at least 4 members (excludes halogenated alkanes) is 12. The van der Waals surface area contributed by atoms with E-state index in [9.17, 15) is 15.0 Å². The van der Waals surface area contributed by atoms with Crippen molar-refractivity contribution in [3.05, 3.63) is 71.8 Å². The fourth-order valence-electron chi connectivity index (χ4n) is 4.91. The molecule has 2 aromatic rings. The summed E-state index contributed by atoms with van der Waals surface area (Å²) in [5.74, 6) is -0.998. The molecule has 0 bridgehead atoms. The maximum atomic E-state index is 12.6. The highest BCUT2D eigenvalue weighted by atomic mass is 16.4. The standard InChI is InChI=1S/C30H44O3/c1-2-3-4-5-6-7-8-9-10-11-12-13-20-25-28(31)30(29(32)33,26-21-16-14-17-22-26)27-23-18-15-19-24-27/h14-19,21-24,28,31H,2-13,20,25H2,1H3,(H,32,33). The van der Waals surface area contributed by atoms with Crippen LogP contribution in [0.3, 0.4) is 0 Å². The highest BCUT2D eigenvalue weighted by Gasteiger charge is 2.48. The molecule has 33 heavy (non-hydrogen) atoms. The zero-order valence-electron chi connectivity index (χ0n) is 20.6. The molecule has 0 aliphatic carbocycles. The number of aliphatic carboxylic acids is 1. The number of rotatable bonds is 18. The number of carbonyl (C=O) groups is 1. The van der Waals surface area contributed by atoms with Gasteiger partial charge in [-0.1, -0.05) is 151 Å². The van der Waals surface area contributed by atoms with Gasteiger partial charge in [-0.3, -0.25) is 4.79 Å². The molecule has 182 valence electrons. The number of aliphatic hydroxyl groups is 1. The molecule has 2 aromatic carbocycles. The van der Waals surface area contributed by atoms with E-state index in [-0.39, 0.29) is 0 Å². The molecular weight excluding hydrogens is 408 g/mol. The van der Waals surface area contributed by atoms with Gasteiger partial charge in [0.1, 0.15) is 5.41 Å². The first-order chi connectivity index (χ1) is 16.1. The molecule has 1 unspecified atom stereocenters. The van der Waals surface area contributed by atoms with Crippen molar-refractivity contribution in [2.24, 2.45) is 0 Å². The maximum absolute atomic E-state index is 12.6. The Morgan fingerprint density at radius 3 is 1.39 bits per heavy atom. The quantitative estimate of drug-likeness (QED) is 0.226. The fourth-order valence-corrected chi connectivity index (χ4v) is 4.91. The van der Waals surface area contributed by atoms with E-state index in [1.165, 1.54) is 64.2 Å². The summed E-state index contributed by atoms with van der Waals surface area (Å²) in [6, 6.07) is 18.4. The first-order valence-corrected chi connectivity index (χ1v) is 13.2. The maximum Gasteiger partial charge on any atom is 0.321 e. The second-order valence-electron chi connectivity index (χ2n) is 9.39. The van der Waals surface area contributed by atoms with E-state index in [0.717, 1.165) is 19.3 Å². The highest BCUT2D eigenvalue weighted by Crippen LogP contribution is 2.38. The molecule has 0 radical (unpaired) electrons. The van der Waals surface area contributed by atoms with Crippen molar-refractivity contribution in [2.75, 3.05) is 0 Å².